The Morgan fingerprint density at radius 2 is 1.21 bits per heavy atom. The van der Waals surface area contributed by atoms with E-state index in [1.54, 1.807) is 14.2 Å². The number of halogens is 2. The van der Waals surface area contributed by atoms with Crippen molar-refractivity contribution in [1.82, 2.24) is 0 Å². The predicted molar refractivity (Wildman–Crippen MR) is 106 cm³/mol. The van der Waals surface area contributed by atoms with Gasteiger partial charge in [-0.2, -0.15) is 0 Å². The molecule has 0 saturated carbocycles. The number of alkyl halides is 2. The second kappa shape index (κ2) is 7.09. The smallest absolute Gasteiger partial charge is 0.123 e. The molecule has 0 aromatic heterocycles. The molecule has 2 aromatic rings. The lowest BCUT2D eigenvalue weighted by Crippen LogP contribution is -2.11. The fourth-order valence-corrected chi connectivity index (χ4v) is 4.64. The first kappa shape index (κ1) is 17.8. The van der Waals surface area contributed by atoms with Crippen LogP contribution < -0.4 is 9.47 Å². The fraction of sp³-hybridized carbons (Fsp3) is 0.400. The zero-order chi connectivity index (χ0) is 17.4. The molecule has 2 aromatic carbocycles. The van der Waals surface area contributed by atoms with Crippen LogP contribution in [0.3, 0.4) is 0 Å². The van der Waals surface area contributed by atoms with Gasteiger partial charge in [0.25, 0.3) is 0 Å². The molecular weight excluding hydrogens is 432 g/mol. The first-order chi connectivity index (χ1) is 11.5. The Bertz CT molecular complexity index is 664. The highest BCUT2D eigenvalue weighted by molar-refractivity contribution is 9.12. The van der Waals surface area contributed by atoms with Gasteiger partial charge in [-0.1, -0.05) is 70.0 Å². The number of ether oxygens (including phenoxy) is 2. The van der Waals surface area contributed by atoms with E-state index in [9.17, 15) is 0 Å². The number of hydrogen-bond donors (Lipinski definition) is 0. The largest absolute Gasteiger partial charge is 0.496 e. The minimum atomic E-state index is 0.0772. The average molecular weight is 454 g/mol. The van der Waals surface area contributed by atoms with E-state index in [4.69, 9.17) is 9.47 Å². The molecule has 2 nitrogen and oxygen atoms in total. The molecule has 0 saturated heterocycles. The zero-order valence-corrected chi connectivity index (χ0v) is 17.5. The van der Waals surface area contributed by atoms with Crippen molar-refractivity contribution in [3.8, 4) is 11.5 Å². The van der Waals surface area contributed by atoms with Crippen LogP contribution in [0.25, 0.3) is 0 Å². The standard InChI is InChI=1S/C20H22Br2O2/c1-11-12(2)15-9-18(24-4)16(10-17(15)23-3)20(22)19(21)14-7-5-13(11)6-8-14/h5-12,19-20H,1-4H3/t11-,12+,19-,20+/m0/s1. The maximum Gasteiger partial charge on any atom is 0.123 e. The van der Waals surface area contributed by atoms with Gasteiger partial charge >= 0.3 is 0 Å². The van der Waals surface area contributed by atoms with E-state index in [-0.39, 0.29) is 9.65 Å². The third-order valence-corrected chi connectivity index (χ3v) is 7.95. The summed E-state index contributed by atoms with van der Waals surface area (Å²) in [5, 5.41) is 0. The van der Waals surface area contributed by atoms with Crippen molar-refractivity contribution in [2.24, 2.45) is 0 Å². The maximum atomic E-state index is 5.72. The molecule has 128 valence electrons. The SMILES string of the molecule is COc1cc2c(OC)cc1[C@@H](Br)[C@@H](Br)c1ccc(cc1)[C@@H](C)[C@H]2C. The first-order valence-corrected chi connectivity index (χ1v) is 9.94. The highest BCUT2D eigenvalue weighted by Crippen LogP contribution is 2.49. The van der Waals surface area contributed by atoms with E-state index >= 15 is 0 Å². The van der Waals surface area contributed by atoms with Crippen molar-refractivity contribution in [3.63, 3.8) is 0 Å². The van der Waals surface area contributed by atoms with E-state index < -0.39 is 0 Å². The predicted octanol–water partition coefficient (Wildman–Crippen LogP) is 6.50. The van der Waals surface area contributed by atoms with Crippen LogP contribution in [0, 0.1) is 0 Å². The molecule has 4 bridgehead atoms. The van der Waals surface area contributed by atoms with E-state index in [0.29, 0.717) is 11.8 Å². The molecule has 0 heterocycles. The summed E-state index contributed by atoms with van der Waals surface area (Å²) < 4.78 is 11.4. The van der Waals surface area contributed by atoms with Crippen LogP contribution in [0.1, 0.15) is 57.6 Å². The summed E-state index contributed by atoms with van der Waals surface area (Å²) in [5.74, 6) is 2.52. The van der Waals surface area contributed by atoms with E-state index in [2.05, 4.69) is 82.1 Å². The van der Waals surface area contributed by atoms with Crippen molar-refractivity contribution < 1.29 is 9.47 Å². The topological polar surface area (TPSA) is 18.5 Å². The lowest BCUT2D eigenvalue weighted by atomic mass is 9.82. The molecule has 6 rings (SSSR count). The van der Waals surface area contributed by atoms with Crippen molar-refractivity contribution in [1.29, 1.82) is 0 Å². The molecule has 0 unspecified atom stereocenters. The number of methoxy groups -OCH3 is 2. The van der Waals surface area contributed by atoms with Crippen LogP contribution in [-0.2, 0) is 0 Å². The summed E-state index contributed by atoms with van der Waals surface area (Å²) >= 11 is 7.69. The molecule has 0 amide bonds. The van der Waals surface area contributed by atoms with Crippen LogP contribution >= 0.6 is 31.9 Å². The van der Waals surface area contributed by atoms with E-state index in [1.165, 1.54) is 16.7 Å². The molecule has 4 atom stereocenters. The summed E-state index contributed by atoms with van der Waals surface area (Å²) in [7, 11) is 3.47. The van der Waals surface area contributed by atoms with Gasteiger partial charge < -0.3 is 9.47 Å². The molecule has 0 spiro atoms. The Kier molecular flexibility index (Phi) is 5.26. The Balaban J connectivity index is 2.27. The summed E-state index contributed by atoms with van der Waals surface area (Å²) in [5.41, 5.74) is 4.85. The van der Waals surface area contributed by atoms with Gasteiger partial charge in [0.05, 0.1) is 23.9 Å². The minimum absolute atomic E-state index is 0.0772. The van der Waals surface area contributed by atoms with Crippen molar-refractivity contribution in [2.75, 3.05) is 14.2 Å². The first-order valence-electron chi connectivity index (χ1n) is 8.11. The quantitative estimate of drug-likeness (QED) is 0.483. The van der Waals surface area contributed by atoms with Gasteiger partial charge in [0.1, 0.15) is 11.5 Å². The van der Waals surface area contributed by atoms with Crippen LogP contribution in [-0.4, -0.2) is 14.2 Å². The normalized spacial score (nSPS) is 25.9. The van der Waals surface area contributed by atoms with Crippen LogP contribution in [0.15, 0.2) is 36.4 Å². The van der Waals surface area contributed by atoms with Crippen molar-refractivity contribution in [3.05, 3.63) is 58.7 Å². The molecule has 24 heavy (non-hydrogen) atoms. The molecule has 0 fully saturated rings. The van der Waals surface area contributed by atoms with Crippen LogP contribution in [0.5, 0.6) is 11.5 Å². The van der Waals surface area contributed by atoms with E-state index in [0.717, 1.165) is 17.1 Å². The van der Waals surface area contributed by atoms with E-state index in [1.807, 2.05) is 0 Å². The van der Waals surface area contributed by atoms with Gasteiger partial charge in [-0.15, -0.1) is 0 Å². The third kappa shape index (κ3) is 2.99. The minimum Gasteiger partial charge on any atom is -0.496 e. The van der Waals surface area contributed by atoms with Crippen LogP contribution in [0.4, 0.5) is 0 Å². The lowest BCUT2D eigenvalue weighted by molar-refractivity contribution is 0.389. The highest BCUT2D eigenvalue weighted by atomic mass is 79.9. The molecule has 4 aliphatic rings. The van der Waals surface area contributed by atoms with Gasteiger partial charge in [0.2, 0.25) is 0 Å². The molecular formula is C20H22Br2O2. The van der Waals surface area contributed by atoms with Gasteiger partial charge in [0.15, 0.2) is 0 Å². The fourth-order valence-electron chi connectivity index (χ4n) is 3.38. The van der Waals surface area contributed by atoms with Gasteiger partial charge in [-0.05, 0) is 35.1 Å². The number of rotatable bonds is 2. The summed E-state index contributed by atoms with van der Waals surface area (Å²) in [4.78, 5) is 0.219. The molecule has 0 N–H and O–H groups in total. The van der Waals surface area contributed by atoms with Crippen molar-refractivity contribution in [2.45, 2.75) is 35.3 Å². The third-order valence-electron chi connectivity index (χ3n) is 5.16. The summed E-state index contributed by atoms with van der Waals surface area (Å²) in [6.07, 6.45) is 0. The second-order valence-electron chi connectivity index (χ2n) is 6.38. The molecule has 4 heteroatoms. The zero-order valence-electron chi connectivity index (χ0n) is 14.3. The molecule has 0 radical (unpaired) electrons. The monoisotopic (exact) mass is 452 g/mol. The van der Waals surface area contributed by atoms with Crippen molar-refractivity contribution >= 4 is 31.9 Å². The highest BCUT2D eigenvalue weighted by Gasteiger charge is 2.28. The Labute approximate surface area is 160 Å². The van der Waals surface area contributed by atoms with Crippen LogP contribution in [0.2, 0.25) is 0 Å². The second-order valence-corrected chi connectivity index (χ2v) is 8.36. The molecule has 4 aliphatic carbocycles. The Hall–Kier alpha value is -1.00. The maximum absolute atomic E-state index is 5.72. The Morgan fingerprint density at radius 3 is 1.79 bits per heavy atom. The number of benzene rings is 2. The Morgan fingerprint density at radius 1 is 0.708 bits per heavy atom. The summed E-state index contributed by atoms with van der Waals surface area (Å²) in [6.45, 7) is 4.52. The van der Waals surface area contributed by atoms with Gasteiger partial charge in [-0.3, -0.25) is 0 Å². The lowest BCUT2D eigenvalue weighted by Gasteiger charge is -2.28. The van der Waals surface area contributed by atoms with Gasteiger partial charge in [-0.25, -0.2) is 0 Å². The summed E-state index contributed by atoms with van der Waals surface area (Å²) in [6, 6.07) is 13.1. The van der Waals surface area contributed by atoms with Gasteiger partial charge in [0, 0.05) is 11.1 Å². The molecule has 0 aliphatic heterocycles. The average Bonchev–Trinajstić information content (AvgIpc) is 2.63. The number of hydrogen-bond acceptors (Lipinski definition) is 2.